The number of anilines is 1. The second-order valence-electron chi connectivity index (χ2n) is 17.8. The van der Waals surface area contributed by atoms with Crippen LogP contribution in [-0.2, 0) is 9.47 Å². The van der Waals surface area contributed by atoms with Crippen molar-refractivity contribution in [1.29, 1.82) is 0 Å². The van der Waals surface area contributed by atoms with Gasteiger partial charge in [-0.1, -0.05) is 6.07 Å². The molecule has 55 heavy (non-hydrogen) atoms. The Labute approximate surface area is 324 Å². The molecular formula is C42H58N8O5. The lowest BCUT2D eigenvalue weighted by Gasteiger charge is -2.38. The number of pyridine rings is 1. The van der Waals surface area contributed by atoms with Crippen molar-refractivity contribution in [1.82, 2.24) is 34.0 Å². The summed E-state index contributed by atoms with van der Waals surface area (Å²) < 4.78 is 15.2. The molecule has 0 spiro atoms. The van der Waals surface area contributed by atoms with Gasteiger partial charge in [0.05, 0.1) is 28.8 Å². The highest BCUT2D eigenvalue weighted by Gasteiger charge is 2.32. The molecule has 3 saturated heterocycles. The predicted octanol–water partition coefficient (Wildman–Crippen LogP) is 7.78. The maximum atomic E-state index is 13.8. The van der Waals surface area contributed by atoms with E-state index in [0.717, 1.165) is 105 Å². The van der Waals surface area contributed by atoms with E-state index in [4.69, 9.17) is 14.6 Å². The van der Waals surface area contributed by atoms with Crippen LogP contribution in [0.15, 0.2) is 36.5 Å². The van der Waals surface area contributed by atoms with Crippen LogP contribution in [0.2, 0.25) is 0 Å². The summed E-state index contributed by atoms with van der Waals surface area (Å²) in [7, 11) is 2.08. The standard InChI is InChI=1S/C42H58N8O5/c1-27-32-12-11-29(22-35(32)50(45-27)31-15-18-47(19-16-31)26-28-13-20-48(21-14-28)39(52)54-41(2,3)4)38(51)44-37-24-34-30(25-43-37)23-36(33-10-9-17-46(33)8)49(34)40(53)55-42(5,6)7/h11-12,22-25,28,31,33H,9-10,13-21,26H2,1-8H3,(H,43,44,51)/t33-/m1/s1. The molecule has 13 heteroatoms. The Hall–Kier alpha value is -4.49. The fraction of sp³-hybridized carbons (Fsp3) is 0.595. The number of aryl methyl sites for hydroxylation is 1. The van der Waals surface area contributed by atoms with Crippen LogP contribution in [0.25, 0.3) is 21.8 Å². The second-order valence-corrected chi connectivity index (χ2v) is 17.8. The minimum absolute atomic E-state index is 0.0841. The van der Waals surface area contributed by atoms with Crippen molar-refractivity contribution in [2.75, 3.05) is 51.6 Å². The Bertz CT molecular complexity index is 2060. The lowest BCUT2D eigenvalue weighted by Crippen LogP contribution is -2.45. The Morgan fingerprint density at radius 2 is 1.53 bits per heavy atom. The summed E-state index contributed by atoms with van der Waals surface area (Å²) in [6, 6.07) is 9.86. The van der Waals surface area contributed by atoms with E-state index < -0.39 is 17.3 Å². The van der Waals surface area contributed by atoms with Gasteiger partial charge >= 0.3 is 12.2 Å². The van der Waals surface area contributed by atoms with Gasteiger partial charge in [-0.3, -0.25) is 14.4 Å². The summed E-state index contributed by atoms with van der Waals surface area (Å²) in [6.45, 7) is 18.8. The summed E-state index contributed by atoms with van der Waals surface area (Å²) in [5, 5.41) is 9.82. The van der Waals surface area contributed by atoms with E-state index in [9.17, 15) is 14.4 Å². The topological polar surface area (TPSA) is 127 Å². The molecule has 3 aliphatic rings. The van der Waals surface area contributed by atoms with Crippen molar-refractivity contribution in [2.24, 2.45) is 5.92 Å². The molecule has 2 amide bonds. The van der Waals surface area contributed by atoms with Crippen LogP contribution in [0.4, 0.5) is 15.4 Å². The van der Waals surface area contributed by atoms with Gasteiger partial charge in [0.1, 0.15) is 17.0 Å². The molecule has 0 unspecified atom stereocenters. The number of piperidine rings is 2. The third kappa shape index (κ3) is 8.67. The van der Waals surface area contributed by atoms with Crippen LogP contribution in [0.5, 0.6) is 0 Å². The first-order valence-electron chi connectivity index (χ1n) is 20.0. The van der Waals surface area contributed by atoms with Crippen LogP contribution in [-0.4, -0.2) is 110 Å². The largest absolute Gasteiger partial charge is 0.444 e. The van der Waals surface area contributed by atoms with Crippen molar-refractivity contribution in [3.8, 4) is 0 Å². The van der Waals surface area contributed by atoms with Gasteiger partial charge in [0.15, 0.2) is 0 Å². The third-order valence-electron chi connectivity index (χ3n) is 11.2. The summed E-state index contributed by atoms with van der Waals surface area (Å²) in [4.78, 5) is 51.2. The van der Waals surface area contributed by atoms with Crippen LogP contribution >= 0.6 is 0 Å². The van der Waals surface area contributed by atoms with Gasteiger partial charge in [0.25, 0.3) is 5.91 Å². The van der Waals surface area contributed by atoms with E-state index in [1.807, 2.05) is 77.6 Å². The SMILES string of the molecule is Cc1nn(C2CCN(CC3CCN(C(=O)OC(C)(C)C)CC3)CC2)c2cc(C(=O)Nc3cc4c(cn3)cc([C@H]3CCCN3C)n4C(=O)OC(C)(C)C)ccc12. The average molecular weight is 755 g/mol. The summed E-state index contributed by atoms with van der Waals surface area (Å²) >= 11 is 0. The first-order valence-corrected chi connectivity index (χ1v) is 20.0. The number of benzene rings is 1. The molecule has 13 nitrogen and oxygen atoms in total. The van der Waals surface area contributed by atoms with Crippen LogP contribution in [0.1, 0.15) is 114 Å². The van der Waals surface area contributed by atoms with Crippen LogP contribution in [0.3, 0.4) is 0 Å². The molecule has 7 rings (SSSR count). The third-order valence-corrected chi connectivity index (χ3v) is 11.2. The molecule has 4 aromatic rings. The van der Waals surface area contributed by atoms with Crippen LogP contribution in [0, 0.1) is 12.8 Å². The lowest BCUT2D eigenvalue weighted by atomic mass is 9.95. The second kappa shape index (κ2) is 15.2. The zero-order valence-electron chi connectivity index (χ0n) is 33.9. The van der Waals surface area contributed by atoms with Gasteiger partial charge in [-0.2, -0.15) is 5.10 Å². The first-order chi connectivity index (χ1) is 26.0. The maximum Gasteiger partial charge on any atom is 0.419 e. The van der Waals surface area contributed by atoms with Crippen molar-refractivity contribution in [3.05, 3.63) is 53.5 Å². The molecule has 3 fully saturated rings. The van der Waals surface area contributed by atoms with E-state index >= 15 is 0 Å². The minimum Gasteiger partial charge on any atom is -0.444 e. The lowest BCUT2D eigenvalue weighted by molar-refractivity contribution is 0.0163. The quantitative estimate of drug-likeness (QED) is 0.210. The molecule has 0 aliphatic carbocycles. The number of nitrogens with one attached hydrogen (secondary N) is 1. The Kier molecular flexibility index (Phi) is 10.7. The van der Waals surface area contributed by atoms with Crippen molar-refractivity contribution >= 4 is 45.7 Å². The molecule has 0 radical (unpaired) electrons. The monoisotopic (exact) mass is 754 g/mol. The Balaban J connectivity index is 1.02. The molecule has 3 aromatic heterocycles. The highest BCUT2D eigenvalue weighted by molar-refractivity contribution is 6.06. The summed E-state index contributed by atoms with van der Waals surface area (Å²) in [5.41, 5.74) is 2.79. The highest BCUT2D eigenvalue weighted by atomic mass is 16.6. The number of ether oxygens (including phenoxy) is 2. The molecule has 6 heterocycles. The predicted molar refractivity (Wildman–Crippen MR) is 214 cm³/mol. The van der Waals surface area contributed by atoms with Gasteiger partial charge < -0.3 is 24.6 Å². The van der Waals surface area contributed by atoms with Gasteiger partial charge in [-0.25, -0.2) is 19.1 Å². The number of carbonyl (C=O) groups is 3. The number of carbonyl (C=O) groups excluding carboxylic acids is 3. The maximum absolute atomic E-state index is 13.8. The van der Waals surface area contributed by atoms with Gasteiger partial charge in [-0.05, 0) is 125 Å². The Morgan fingerprint density at radius 3 is 2.18 bits per heavy atom. The van der Waals surface area contributed by atoms with E-state index in [2.05, 4.69) is 31.8 Å². The number of fused-ring (bicyclic) bond motifs is 2. The molecule has 1 aromatic carbocycles. The number of nitrogens with zero attached hydrogens (tertiary/aromatic N) is 7. The van der Waals surface area contributed by atoms with Crippen LogP contribution < -0.4 is 5.32 Å². The molecule has 1 atom stereocenters. The molecular weight excluding hydrogens is 697 g/mol. The summed E-state index contributed by atoms with van der Waals surface area (Å²) in [6.07, 6.45) is 7.00. The molecule has 3 aliphatic heterocycles. The van der Waals surface area contributed by atoms with Crippen molar-refractivity contribution in [3.63, 3.8) is 0 Å². The zero-order valence-corrected chi connectivity index (χ0v) is 33.9. The van der Waals surface area contributed by atoms with E-state index in [0.29, 0.717) is 22.8 Å². The highest BCUT2D eigenvalue weighted by Crippen LogP contribution is 2.36. The zero-order chi connectivity index (χ0) is 39.2. The van der Waals surface area contributed by atoms with E-state index in [-0.39, 0.29) is 24.1 Å². The first kappa shape index (κ1) is 38.8. The number of rotatable bonds is 6. The molecule has 0 saturated carbocycles. The number of likely N-dealkylation sites (tertiary alicyclic amines) is 3. The van der Waals surface area contributed by atoms with Crippen molar-refractivity contribution < 1.29 is 23.9 Å². The molecule has 1 N–H and O–H groups in total. The summed E-state index contributed by atoms with van der Waals surface area (Å²) in [5.74, 6) is 0.647. The fourth-order valence-corrected chi connectivity index (χ4v) is 8.47. The van der Waals surface area contributed by atoms with Gasteiger partial charge in [0.2, 0.25) is 0 Å². The smallest absolute Gasteiger partial charge is 0.419 e. The number of aromatic nitrogens is 4. The number of hydrogen-bond donors (Lipinski definition) is 1. The number of amides is 2. The van der Waals surface area contributed by atoms with E-state index in [1.165, 1.54) is 0 Å². The average Bonchev–Trinajstić information content (AvgIpc) is 3.81. The van der Waals surface area contributed by atoms with Gasteiger partial charge in [-0.15, -0.1) is 0 Å². The van der Waals surface area contributed by atoms with E-state index in [1.54, 1.807) is 16.8 Å². The minimum atomic E-state index is -0.666. The Morgan fingerprint density at radius 1 is 0.836 bits per heavy atom. The fourth-order valence-electron chi connectivity index (χ4n) is 8.47. The van der Waals surface area contributed by atoms with Gasteiger partial charge in [0, 0.05) is 67.0 Å². The van der Waals surface area contributed by atoms with Crippen molar-refractivity contribution in [2.45, 2.75) is 110 Å². The normalized spacial score (nSPS) is 19.7. The molecule has 0 bridgehead atoms. The molecule has 296 valence electrons. The number of hydrogen-bond acceptors (Lipinski definition) is 9.